The van der Waals surface area contributed by atoms with Crippen LogP contribution in [0.5, 0.6) is 5.75 Å². The number of anilines is 1. The summed E-state index contributed by atoms with van der Waals surface area (Å²) < 4.78 is 5.33. The van der Waals surface area contributed by atoms with E-state index < -0.39 is 0 Å². The molecule has 0 fully saturated rings. The Kier molecular flexibility index (Phi) is 6.61. The van der Waals surface area contributed by atoms with E-state index in [1.807, 2.05) is 30.3 Å². The second-order valence-electron chi connectivity index (χ2n) is 5.39. The van der Waals surface area contributed by atoms with Gasteiger partial charge in [-0.1, -0.05) is 18.2 Å². The predicted octanol–water partition coefficient (Wildman–Crippen LogP) is 2.91. The summed E-state index contributed by atoms with van der Waals surface area (Å²) in [4.78, 5) is 18.8. The number of carbonyl (C=O) groups excluding carboxylic acids is 1. The summed E-state index contributed by atoms with van der Waals surface area (Å²) in [6.45, 7) is 6.43. The van der Waals surface area contributed by atoms with Crippen molar-refractivity contribution in [1.82, 2.24) is 10.3 Å². The van der Waals surface area contributed by atoms with Gasteiger partial charge in [-0.15, -0.1) is 0 Å². The van der Waals surface area contributed by atoms with Crippen molar-refractivity contribution < 1.29 is 9.53 Å². The quantitative estimate of drug-likeness (QED) is 0.810. The molecule has 0 unspecified atom stereocenters. The summed E-state index contributed by atoms with van der Waals surface area (Å²) in [6, 6.07) is 11.4. The number of aromatic nitrogens is 1. The molecule has 1 aromatic carbocycles. The molecule has 0 aliphatic rings. The Morgan fingerprint density at radius 2 is 1.96 bits per heavy atom. The van der Waals surface area contributed by atoms with Gasteiger partial charge in [0, 0.05) is 31.4 Å². The lowest BCUT2D eigenvalue weighted by Crippen LogP contribution is -2.27. The molecule has 1 heterocycles. The minimum Gasteiger partial charge on any atom is -0.496 e. The number of hydrogen-bond acceptors (Lipinski definition) is 4. The molecule has 0 atom stereocenters. The van der Waals surface area contributed by atoms with E-state index in [2.05, 4.69) is 29.0 Å². The Labute approximate surface area is 143 Å². The van der Waals surface area contributed by atoms with Crippen LogP contribution in [0.25, 0.3) is 0 Å². The second kappa shape index (κ2) is 8.91. The molecule has 1 amide bonds. The van der Waals surface area contributed by atoms with Crippen LogP contribution in [-0.2, 0) is 6.42 Å². The van der Waals surface area contributed by atoms with Crippen molar-refractivity contribution in [2.75, 3.05) is 31.6 Å². The molecule has 2 rings (SSSR count). The monoisotopic (exact) mass is 327 g/mol. The van der Waals surface area contributed by atoms with Crippen LogP contribution in [0.3, 0.4) is 0 Å². The second-order valence-corrected chi connectivity index (χ2v) is 5.39. The zero-order valence-corrected chi connectivity index (χ0v) is 14.6. The van der Waals surface area contributed by atoms with Crippen molar-refractivity contribution in [3.8, 4) is 5.75 Å². The number of nitrogens with one attached hydrogen (secondary N) is 1. The molecule has 0 saturated carbocycles. The van der Waals surface area contributed by atoms with Gasteiger partial charge in [0.2, 0.25) is 0 Å². The van der Waals surface area contributed by atoms with Crippen LogP contribution in [-0.4, -0.2) is 37.6 Å². The van der Waals surface area contributed by atoms with Gasteiger partial charge < -0.3 is 15.0 Å². The number of amides is 1. The molecule has 128 valence electrons. The first-order valence-electron chi connectivity index (χ1n) is 8.30. The minimum absolute atomic E-state index is 0.0827. The first-order chi connectivity index (χ1) is 11.7. The van der Waals surface area contributed by atoms with Gasteiger partial charge in [-0.25, -0.2) is 4.98 Å². The standard InChI is InChI=1S/C19H25N3O2/c1-4-22(5-2)18-14-16(11-12-20-18)19(23)21-13-10-15-8-6-7-9-17(15)24-3/h6-9,11-12,14H,4-5,10,13H2,1-3H3,(H,21,23). The van der Waals surface area contributed by atoms with E-state index in [0.29, 0.717) is 12.1 Å². The highest BCUT2D eigenvalue weighted by molar-refractivity contribution is 5.94. The SMILES string of the molecule is CCN(CC)c1cc(C(=O)NCCc2ccccc2OC)ccn1. The number of methoxy groups -OCH3 is 1. The van der Waals surface area contributed by atoms with Crippen molar-refractivity contribution in [3.05, 3.63) is 53.7 Å². The molecule has 1 aromatic heterocycles. The third-order valence-corrected chi connectivity index (χ3v) is 3.97. The van der Waals surface area contributed by atoms with Crippen LogP contribution in [0.1, 0.15) is 29.8 Å². The molecule has 0 aliphatic heterocycles. The van der Waals surface area contributed by atoms with Gasteiger partial charge in [0.25, 0.3) is 5.91 Å². The van der Waals surface area contributed by atoms with E-state index in [-0.39, 0.29) is 5.91 Å². The molecule has 0 aliphatic carbocycles. The van der Waals surface area contributed by atoms with Crippen LogP contribution in [0, 0.1) is 0 Å². The van der Waals surface area contributed by atoms with E-state index in [1.165, 1.54) is 0 Å². The van der Waals surface area contributed by atoms with E-state index in [9.17, 15) is 4.79 Å². The van der Waals surface area contributed by atoms with Crippen LogP contribution in [0.2, 0.25) is 0 Å². The van der Waals surface area contributed by atoms with E-state index >= 15 is 0 Å². The third kappa shape index (κ3) is 4.47. The maximum absolute atomic E-state index is 12.4. The topological polar surface area (TPSA) is 54.5 Å². The summed E-state index contributed by atoms with van der Waals surface area (Å²) in [5, 5.41) is 2.96. The van der Waals surface area contributed by atoms with Crippen molar-refractivity contribution in [2.24, 2.45) is 0 Å². The van der Waals surface area contributed by atoms with Crippen molar-refractivity contribution in [1.29, 1.82) is 0 Å². The molecular formula is C19H25N3O2. The van der Waals surface area contributed by atoms with Gasteiger partial charge in [-0.3, -0.25) is 4.79 Å². The van der Waals surface area contributed by atoms with Gasteiger partial charge in [0.05, 0.1) is 7.11 Å². The fourth-order valence-corrected chi connectivity index (χ4v) is 2.60. The van der Waals surface area contributed by atoms with E-state index in [0.717, 1.165) is 36.6 Å². The summed E-state index contributed by atoms with van der Waals surface area (Å²) in [6.07, 6.45) is 2.41. The number of pyridine rings is 1. The number of benzene rings is 1. The van der Waals surface area contributed by atoms with Crippen molar-refractivity contribution in [2.45, 2.75) is 20.3 Å². The molecule has 1 N–H and O–H groups in total. The molecular weight excluding hydrogens is 302 g/mol. The molecule has 0 saturated heterocycles. The fourth-order valence-electron chi connectivity index (χ4n) is 2.60. The Morgan fingerprint density at radius 1 is 1.21 bits per heavy atom. The zero-order valence-electron chi connectivity index (χ0n) is 14.6. The molecule has 5 nitrogen and oxygen atoms in total. The average Bonchev–Trinajstić information content (AvgIpc) is 2.63. The number of hydrogen-bond donors (Lipinski definition) is 1. The van der Waals surface area contributed by atoms with Crippen molar-refractivity contribution in [3.63, 3.8) is 0 Å². The van der Waals surface area contributed by atoms with Crippen molar-refractivity contribution >= 4 is 11.7 Å². The maximum Gasteiger partial charge on any atom is 0.251 e. The predicted molar refractivity (Wildman–Crippen MR) is 96.8 cm³/mol. The number of rotatable bonds is 8. The Bertz CT molecular complexity index is 669. The Morgan fingerprint density at radius 3 is 2.67 bits per heavy atom. The average molecular weight is 327 g/mol. The van der Waals surface area contributed by atoms with Gasteiger partial charge in [-0.05, 0) is 44.0 Å². The number of nitrogens with zero attached hydrogens (tertiary/aromatic N) is 2. The van der Waals surface area contributed by atoms with E-state index in [1.54, 1.807) is 19.4 Å². The minimum atomic E-state index is -0.0827. The van der Waals surface area contributed by atoms with Crippen LogP contribution >= 0.6 is 0 Å². The molecule has 2 aromatic rings. The summed E-state index contributed by atoms with van der Waals surface area (Å²) in [5.41, 5.74) is 1.71. The molecule has 0 spiro atoms. The lowest BCUT2D eigenvalue weighted by Gasteiger charge is -2.20. The van der Waals surface area contributed by atoms with Gasteiger partial charge in [0.1, 0.15) is 11.6 Å². The number of para-hydroxylation sites is 1. The summed E-state index contributed by atoms with van der Waals surface area (Å²) in [5.74, 6) is 1.59. The smallest absolute Gasteiger partial charge is 0.251 e. The highest BCUT2D eigenvalue weighted by atomic mass is 16.5. The zero-order chi connectivity index (χ0) is 17.4. The molecule has 0 bridgehead atoms. The van der Waals surface area contributed by atoms with Gasteiger partial charge >= 0.3 is 0 Å². The van der Waals surface area contributed by atoms with Crippen LogP contribution < -0.4 is 15.0 Å². The first-order valence-corrected chi connectivity index (χ1v) is 8.30. The van der Waals surface area contributed by atoms with Gasteiger partial charge in [0.15, 0.2) is 0 Å². The van der Waals surface area contributed by atoms with Gasteiger partial charge in [-0.2, -0.15) is 0 Å². The highest BCUT2D eigenvalue weighted by Crippen LogP contribution is 2.17. The normalized spacial score (nSPS) is 10.3. The lowest BCUT2D eigenvalue weighted by atomic mass is 10.1. The Balaban J connectivity index is 1.96. The Hall–Kier alpha value is -2.56. The van der Waals surface area contributed by atoms with Crippen LogP contribution in [0.4, 0.5) is 5.82 Å². The number of carbonyl (C=O) groups is 1. The first kappa shape index (κ1) is 17.8. The highest BCUT2D eigenvalue weighted by Gasteiger charge is 2.10. The third-order valence-electron chi connectivity index (χ3n) is 3.97. The number of ether oxygens (including phenoxy) is 1. The molecule has 5 heteroatoms. The lowest BCUT2D eigenvalue weighted by molar-refractivity contribution is 0.0954. The molecule has 0 radical (unpaired) electrons. The summed E-state index contributed by atoms with van der Waals surface area (Å²) >= 11 is 0. The van der Waals surface area contributed by atoms with Crippen LogP contribution in [0.15, 0.2) is 42.6 Å². The fraction of sp³-hybridized carbons (Fsp3) is 0.368. The largest absolute Gasteiger partial charge is 0.496 e. The van der Waals surface area contributed by atoms with E-state index in [4.69, 9.17) is 4.74 Å². The summed E-state index contributed by atoms with van der Waals surface area (Å²) in [7, 11) is 1.66. The maximum atomic E-state index is 12.4. The molecule has 24 heavy (non-hydrogen) atoms.